The Labute approximate surface area is 419 Å². The molecule has 0 radical (unpaired) electrons. The van der Waals surface area contributed by atoms with Gasteiger partial charge in [-0.15, -0.1) is 0 Å². The van der Waals surface area contributed by atoms with Gasteiger partial charge in [-0.05, 0) is 96.3 Å². The van der Waals surface area contributed by atoms with Gasteiger partial charge in [-0.2, -0.15) is 0 Å². The minimum Gasteiger partial charge on any atom is -0.462 e. The van der Waals surface area contributed by atoms with Crippen LogP contribution in [-0.2, 0) is 28.6 Å². The SMILES string of the molecule is CC/C=C/C=C/C=C/C=C/C=C/C=C/C=C/CCCCCC(=O)OCC(COC(=O)CCC/C=C/C=C/C=C/C=C/C=C/CC)OC(=O)CCCCC/C=C/C/C=C/C/C=C/C/C=C/C/C=C/CC. The summed E-state index contributed by atoms with van der Waals surface area (Å²) in [6.07, 6.45) is 85.2. The molecule has 0 saturated carbocycles. The van der Waals surface area contributed by atoms with Crippen molar-refractivity contribution in [1.82, 2.24) is 0 Å². The van der Waals surface area contributed by atoms with Gasteiger partial charge in [0.2, 0.25) is 0 Å². The summed E-state index contributed by atoms with van der Waals surface area (Å²) in [5.41, 5.74) is 0. The topological polar surface area (TPSA) is 78.9 Å². The van der Waals surface area contributed by atoms with E-state index in [-0.39, 0.29) is 50.4 Å². The van der Waals surface area contributed by atoms with E-state index in [1.54, 1.807) is 0 Å². The van der Waals surface area contributed by atoms with Crippen molar-refractivity contribution in [3.8, 4) is 0 Å². The van der Waals surface area contributed by atoms with Crippen molar-refractivity contribution in [1.29, 1.82) is 0 Å². The highest BCUT2D eigenvalue weighted by atomic mass is 16.6. The van der Waals surface area contributed by atoms with Crippen LogP contribution in [0.3, 0.4) is 0 Å². The van der Waals surface area contributed by atoms with Gasteiger partial charge >= 0.3 is 17.9 Å². The standard InChI is InChI=1S/C63H88O6/c1-4-7-10-13-16-19-22-25-27-29-31-33-35-38-41-44-47-50-53-56-62(65)68-59-60(58-67-61(64)55-52-49-46-43-40-37-24-21-18-15-12-9-6-3)69-63(66)57-54-51-48-45-42-39-36-34-32-30-28-26-23-20-17-14-11-8-5-2/h7-13,15-22,24-29,31-35,37-43,46,60H,4-6,14,23,30,36,44-45,47-59H2,1-3H3/b10-7+,11-8+,12-9+,16-13+,18-15+,20-17+,22-19+,24-21+,27-25+,28-26+,31-29+,34-32+,35-33+,40-37+,41-38+,42-39+,46-43+. The molecule has 0 heterocycles. The minimum atomic E-state index is -0.858. The van der Waals surface area contributed by atoms with Crippen molar-refractivity contribution in [3.63, 3.8) is 0 Å². The fourth-order valence-electron chi connectivity index (χ4n) is 5.83. The normalized spacial score (nSPS) is 13.8. The lowest BCUT2D eigenvalue weighted by Gasteiger charge is -2.18. The highest BCUT2D eigenvalue weighted by Gasteiger charge is 2.19. The number of hydrogen-bond donors (Lipinski definition) is 0. The molecule has 0 N–H and O–H groups in total. The molecule has 0 amide bonds. The van der Waals surface area contributed by atoms with Crippen LogP contribution in [0.25, 0.3) is 0 Å². The number of allylic oxidation sites excluding steroid dienone is 34. The summed E-state index contributed by atoms with van der Waals surface area (Å²) in [4.78, 5) is 38.0. The predicted molar refractivity (Wildman–Crippen MR) is 297 cm³/mol. The van der Waals surface area contributed by atoms with Crippen molar-refractivity contribution in [3.05, 3.63) is 207 Å². The number of ether oxygens (including phenoxy) is 3. The van der Waals surface area contributed by atoms with Crippen molar-refractivity contribution in [2.45, 2.75) is 155 Å². The third-order valence-electron chi connectivity index (χ3n) is 9.59. The fraction of sp³-hybridized carbons (Fsp3) is 0.413. The summed E-state index contributed by atoms with van der Waals surface area (Å²) < 4.78 is 16.7. The molecule has 0 spiro atoms. The molecule has 0 aliphatic heterocycles. The molecule has 0 aromatic heterocycles. The lowest BCUT2D eigenvalue weighted by atomic mass is 10.1. The third kappa shape index (κ3) is 52.8. The van der Waals surface area contributed by atoms with Crippen LogP contribution in [0.2, 0.25) is 0 Å². The van der Waals surface area contributed by atoms with Gasteiger partial charge < -0.3 is 14.2 Å². The quantitative estimate of drug-likeness (QED) is 0.0199. The van der Waals surface area contributed by atoms with Crippen LogP contribution >= 0.6 is 0 Å². The zero-order chi connectivity index (χ0) is 50.0. The van der Waals surface area contributed by atoms with E-state index in [9.17, 15) is 14.4 Å². The molecule has 6 nitrogen and oxygen atoms in total. The van der Waals surface area contributed by atoms with Gasteiger partial charge in [0.25, 0.3) is 0 Å². The second-order valence-electron chi connectivity index (χ2n) is 15.9. The van der Waals surface area contributed by atoms with E-state index in [1.165, 1.54) is 0 Å². The number of hydrogen-bond acceptors (Lipinski definition) is 6. The van der Waals surface area contributed by atoms with Gasteiger partial charge in [0.15, 0.2) is 6.10 Å². The summed E-state index contributed by atoms with van der Waals surface area (Å²) in [6.45, 7) is 6.05. The number of carbonyl (C=O) groups is 3. The molecule has 69 heavy (non-hydrogen) atoms. The van der Waals surface area contributed by atoms with Crippen LogP contribution in [0.1, 0.15) is 149 Å². The second kappa shape index (κ2) is 54.6. The largest absolute Gasteiger partial charge is 0.462 e. The Hall–Kier alpha value is -6.01. The second-order valence-corrected chi connectivity index (χ2v) is 15.9. The van der Waals surface area contributed by atoms with Gasteiger partial charge in [-0.25, -0.2) is 0 Å². The minimum absolute atomic E-state index is 0.152. The average Bonchev–Trinajstić information content (AvgIpc) is 3.35. The van der Waals surface area contributed by atoms with E-state index >= 15 is 0 Å². The van der Waals surface area contributed by atoms with Gasteiger partial charge in [0, 0.05) is 19.3 Å². The average molecular weight is 941 g/mol. The van der Waals surface area contributed by atoms with E-state index in [1.807, 2.05) is 128 Å². The van der Waals surface area contributed by atoms with Gasteiger partial charge in [0.05, 0.1) is 0 Å². The highest BCUT2D eigenvalue weighted by Crippen LogP contribution is 2.10. The molecule has 1 unspecified atom stereocenters. The van der Waals surface area contributed by atoms with Gasteiger partial charge in [0.1, 0.15) is 13.2 Å². The highest BCUT2D eigenvalue weighted by molar-refractivity contribution is 5.71. The number of rotatable bonds is 42. The molecule has 1 atom stereocenters. The molecule has 0 aromatic carbocycles. The Bertz CT molecular complexity index is 1790. The Kier molecular flexibility index (Phi) is 49.8. The molecular formula is C63H88O6. The van der Waals surface area contributed by atoms with Crippen molar-refractivity contribution in [2.75, 3.05) is 13.2 Å². The van der Waals surface area contributed by atoms with E-state index in [0.29, 0.717) is 19.3 Å². The first-order chi connectivity index (χ1) is 34.0. The maximum absolute atomic E-state index is 12.8. The van der Waals surface area contributed by atoms with Crippen LogP contribution in [0.5, 0.6) is 0 Å². The fourth-order valence-corrected chi connectivity index (χ4v) is 5.83. The van der Waals surface area contributed by atoms with Gasteiger partial charge in [-0.3, -0.25) is 14.4 Å². The third-order valence-corrected chi connectivity index (χ3v) is 9.59. The van der Waals surface area contributed by atoms with Crippen LogP contribution in [0.4, 0.5) is 0 Å². The number of unbranched alkanes of at least 4 members (excludes halogenated alkanes) is 7. The molecular weight excluding hydrogens is 853 g/mol. The van der Waals surface area contributed by atoms with Gasteiger partial charge in [-0.1, -0.05) is 240 Å². The van der Waals surface area contributed by atoms with E-state index in [2.05, 4.69) is 99.8 Å². The van der Waals surface area contributed by atoms with Crippen LogP contribution in [0, 0.1) is 0 Å². The first-order valence-corrected chi connectivity index (χ1v) is 25.8. The summed E-state index contributed by atoms with van der Waals surface area (Å²) in [7, 11) is 0. The summed E-state index contributed by atoms with van der Waals surface area (Å²) in [5.74, 6) is -1.12. The monoisotopic (exact) mass is 941 g/mol. The Morgan fingerprint density at radius 3 is 1.01 bits per heavy atom. The van der Waals surface area contributed by atoms with Crippen LogP contribution < -0.4 is 0 Å². The molecule has 0 bridgehead atoms. The Balaban J connectivity index is 4.70. The number of carbonyl (C=O) groups excluding carboxylic acids is 3. The molecule has 0 rings (SSSR count). The van der Waals surface area contributed by atoms with E-state index < -0.39 is 6.10 Å². The summed E-state index contributed by atoms with van der Waals surface area (Å²) >= 11 is 0. The molecule has 6 heteroatoms. The van der Waals surface area contributed by atoms with Crippen molar-refractivity contribution < 1.29 is 28.6 Å². The summed E-state index contributed by atoms with van der Waals surface area (Å²) in [5, 5.41) is 0. The number of esters is 3. The molecule has 0 aliphatic carbocycles. The lowest BCUT2D eigenvalue weighted by molar-refractivity contribution is -0.167. The van der Waals surface area contributed by atoms with E-state index in [0.717, 1.165) is 89.9 Å². The first kappa shape index (κ1) is 63.0. The predicted octanol–water partition coefficient (Wildman–Crippen LogP) is 17.3. The van der Waals surface area contributed by atoms with E-state index in [4.69, 9.17) is 14.2 Å². The summed E-state index contributed by atoms with van der Waals surface area (Å²) in [6, 6.07) is 0. The first-order valence-electron chi connectivity index (χ1n) is 25.8. The maximum Gasteiger partial charge on any atom is 0.306 e. The van der Waals surface area contributed by atoms with Crippen molar-refractivity contribution >= 4 is 17.9 Å². The maximum atomic E-state index is 12.8. The Morgan fingerprint density at radius 1 is 0.304 bits per heavy atom. The zero-order valence-electron chi connectivity index (χ0n) is 42.7. The lowest BCUT2D eigenvalue weighted by Crippen LogP contribution is -2.30. The molecule has 0 fully saturated rings. The van der Waals surface area contributed by atoms with Crippen LogP contribution in [-0.4, -0.2) is 37.2 Å². The zero-order valence-corrected chi connectivity index (χ0v) is 42.7. The van der Waals surface area contributed by atoms with Crippen LogP contribution in [0.15, 0.2) is 207 Å². The molecule has 376 valence electrons. The molecule has 0 saturated heterocycles. The Morgan fingerprint density at radius 2 is 0.609 bits per heavy atom. The smallest absolute Gasteiger partial charge is 0.306 e. The molecule has 0 aliphatic rings. The molecule has 0 aromatic rings. The van der Waals surface area contributed by atoms with Crippen molar-refractivity contribution in [2.24, 2.45) is 0 Å².